The van der Waals surface area contributed by atoms with Crippen LogP contribution in [-0.2, 0) is 27.4 Å². The minimum atomic E-state index is -1.26. The maximum Gasteiger partial charge on any atom is 0.341 e. The highest BCUT2D eigenvalue weighted by molar-refractivity contribution is 6.06. The third-order valence-electron chi connectivity index (χ3n) is 4.34. The van der Waals surface area contributed by atoms with Gasteiger partial charge in [0.25, 0.3) is 5.91 Å². The number of nitrogens with one attached hydrogen (secondary N) is 1. The minimum Gasteiger partial charge on any atom is -0.492 e. The number of carboxylic acid groups (broad SMARTS) is 1. The molecule has 0 spiro atoms. The Hall–Kier alpha value is -3.10. The first kappa shape index (κ1) is 21.2. The summed E-state index contributed by atoms with van der Waals surface area (Å²) >= 11 is 0. The molecule has 9 heteroatoms. The van der Waals surface area contributed by atoms with Gasteiger partial charge in [0.2, 0.25) is 0 Å². The van der Waals surface area contributed by atoms with E-state index in [0.717, 1.165) is 5.57 Å². The van der Waals surface area contributed by atoms with Crippen molar-refractivity contribution in [2.45, 2.75) is 32.8 Å². The summed E-state index contributed by atoms with van der Waals surface area (Å²) in [5, 5.41) is 11.2. The van der Waals surface area contributed by atoms with Gasteiger partial charge in [0.05, 0.1) is 31.0 Å². The lowest BCUT2D eigenvalue weighted by atomic mass is 9.96. The first-order valence-corrected chi connectivity index (χ1v) is 8.54. The van der Waals surface area contributed by atoms with E-state index in [-0.39, 0.29) is 36.4 Å². The lowest BCUT2D eigenvalue weighted by molar-refractivity contribution is -0.137. The molecule has 0 fully saturated rings. The minimum absolute atomic E-state index is 0.0231. The molecule has 1 heterocycles. The van der Waals surface area contributed by atoms with Crippen molar-refractivity contribution in [1.82, 2.24) is 0 Å². The predicted octanol–water partition coefficient (Wildman–Crippen LogP) is 2.64. The first-order valence-electron chi connectivity index (χ1n) is 8.54. The lowest BCUT2D eigenvalue weighted by Crippen LogP contribution is -2.18. The Bertz CT molecular complexity index is 832. The number of alkyl halides is 1. The van der Waals surface area contributed by atoms with Crippen LogP contribution in [-0.4, -0.2) is 43.8 Å². The van der Waals surface area contributed by atoms with Crippen LogP contribution >= 0.6 is 0 Å². The Morgan fingerprint density at radius 3 is 2.50 bits per heavy atom. The molecule has 0 saturated heterocycles. The van der Waals surface area contributed by atoms with Crippen molar-refractivity contribution in [2.24, 2.45) is 0 Å². The number of aliphatic carboxylic acids is 1. The normalized spacial score (nSPS) is 13.0. The summed E-state index contributed by atoms with van der Waals surface area (Å²) in [5.74, 6) is -1.90. The van der Waals surface area contributed by atoms with Crippen molar-refractivity contribution in [3.05, 3.63) is 28.3 Å². The van der Waals surface area contributed by atoms with Crippen molar-refractivity contribution in [3.8, 4) is 11.5 Å². The zero-order chi connectivity index (χ0) is 20.8. The van der Waals surface area contributed by atoms with Crippen molar-refractivity contribution in [1.29, 1.82) is 0 Å². The van der Waals surface area contributed by atoms with Crippen LogP contribution < -0.4 is 14.8 Å². The monoisotopic (exact) mass is 395 g/mol. The molecule has 1 aromatic carbocycles. The molecule has 1 aliphatic rings. The molecule has 0 bridgehead atoms. The van der Waals surface area contributed by atoms with Gasteiger partial charge in [-0.3, -0.25) is 9.59 Å². The Balaban J connectivity index is 2.58. The number of carboxylic acids is 1. The average Bonchev–Trinajstić information content (AvgIpc) is 3.05. The van der Waals surface area contributed by atoms with E-state index in [1.165, 1.54) is 14.2 Å². The highest BCUT2D eigenvalue weighted by atomic mass is 19.1. The number of fused-ring (bicyclic) bond motifs is 1. The quantitative estimate of drug-likeness (QED) is 0.488. The van der Waals surface area contributed by atoms with E-state index in [1.54, 1.807) is 13.0 Å². The molecule has 1 aromatic rings. The zero-order valence-corrected chi connectivity index (χ0v) is 15.9. The highest BCUT2D eigenvalue weighted by Gasteiger charge is 2.34. The van der Waals surface area contributed by atoms with Crippen LogP contribution in [0, 0.1) is 0 Å². The van der Waals surface area contributed by atoms with Gasteiger partial charge < -0.3 is 24.6 Å². The average molecular weight is 395 g/mol. The summed E-state index contributed by atoms with van der Waals surface area (Å²) in [6.45, 7) is 0.457. The van der Waals surface area contributed by atoms with Gasteiger partial charge in [-0.1, -0.05) is 11.6 Å². The number of hydrogen-bond donors (Lipinski definition) is 2. The number of hydrogen-bond acceptors (Lipinski definition) is 6. The van der Waals surface area contributed by atoms with Crippen molar-refractivity contribution >= 4 is 23.5 Å². The molecule has 152 valence electrons. The smallest absolute Gasteiger partial charge is 0.341 e. The Labute approximate surface area is 161 Å². The second-order valence-electron chi connectivity index (χ2n) is 6.18. The van der Waals surface area contributed by atoms with E-state index < -0.39 is 24.5 Å². The van der Waals surface area contributed by atoms with Crippen LogP contribution in [0.25, 0.3) is 0 Å². The summed E-state index contributed by atoms with van der Waals surface area (Å²) in [4.78, 5) is 34.7. The molecule has 0 saturated carbocycles. The van der Waals surface area contributed by atoms with Gasteiger partial charge in [-0.15, -0.1) is 0 Å². The van der Waals surface area contributed by atoms with Gasteiger partial charge >= 0.3 is 11.9 Å². The van der Waals surface area contributed by atoms with Crippen LogP contribution in [0.15, 0.2) is 11.6 Å². The zero-order valence-electron chi connectivity index (χ0n) is 15.9. The lowest BCUT2D eigenvalue weighted by Gasteiger charge is -2.20. The molecular formula is C19H22FNO7. The summed E-state index contributed by atoms with van der Waals surface area (Å²) in [6, 6.07) is 0. The number of halogens is 1. The number of benzene rings is 1. The second-order valence-corrected chi connectivity index (χ2v) is 6.18. The van der Waals surface area contributed by atoms with Crippen molar-refractivity contribution in [3.63, 3.8) is 0 Å². The molecule has 0 aromatic heterocycles. The molecule has 0 atom stereocenters. The number of ether oxygens (including phenoxy) is 3. The third kappa shape index (κ3) is 4.41. The molecule has 0 unspecified atom stereocenters. The fourth-order valence-electron chi connectivity index (χ4n) is 3.00. The molecule has 28 heavy (non-hydrogen) atoms. The summed E-state index contributed by atoms with van der Waals surface area (Å²) in [5.41, 5.74) is 1.84. The van der Waals surface area contributed by atoms with Gasteiger partial charge in [-0.25, -0.2) is 9.18 Å². The first-order chi connectivity index (χ1) is 13.3. The topological polar surface area (TPSA) is 111 Å². The third-order valence-corrected chi connectivity index (χ3v) is 4.34. The maximum absolute atomic E-state index is 12.8. The fourth-order valence-corrected chi connectivity index (χ4v) is 3.00. The van der Waals surface area contributed by atoms with Gasteiger partial charge in [0, 0.05) is 12.0 Å². The largest absolute Gasteiger partial charge is 0.492 e. The predicted molar refractivity (Wildman–Crippen MR) is 97.6 cm³/mol. The van der Waals surface area contributed by atoms with Gasteiger partial charge in [-0.2, -0.15) is 0 Å². The van der Waals surface area contributed by atoms with Gasteiger partial charge in [0.15, 0.2) is 18.2 Å². The molecule has 0 radical (unpaired) electrons. The summed E-state index contributed by atoms with van der Waals surface area (Å²) in [6.07, 6.45) is 2.28. The van der Waals surface area contributed by atoms with E-state index in [4.69, 9.17) is 19.3 Å². The van der Waals surface area contributed by atoms with Crippen molar-refractivity contribution in [2.75, 3.05) is 26.2 Å². The molecule has 8 nitrogen and oxygen atoms in total. The van der Waals surface area contributed by atoms with Crippen LogP contribution in [0.1, 0.15) is 41.3 Å². The van der Waals surface area contributed by atoms with E-state index in [1.807, 2.05) is 0 Å². The second kappa shape index (κ2) is 9.20. The van der Waals surface area contributed by atoms with Gasteiger partial charge in [-0.05, 0) is 19.8 Å². The van der Waals surface area contributed by atoms with Crippen LogP contribution in [0.2, 0.25) is 0 Å². The number of allylic oxidation sites excluding steroid dienone is 2. The fraction of sp³-hybridized carbons (Fsp3) is 0.421. The maximum atomic E-state index is 12.8. The van der Waals surface area contributed by atoms with Crippen molar-refractivity contribution < 1.29 is 38.1 Å². The number of carbonyl (C=O) groups excluding carboxylic acids is 2. The number of carbonyl (C=O) groups is 3. The van der Waals surface area contributed by atoms with E-state index in [2.05, 4.69) is 5.32 Å². The highest BCUT2D eigenvalue weighted by Crippen LogP contribution is 2.46. The number of esters is 1. The van der Waals surface area contributed by atoms with Gasteiger partial charge in [0.1, 0.15) is 6.61 Å². The van der Waals surface area contributed by atoms with E-state index in [9.17, 15) is 18.8 Å². The van der Waals surface area contributed by atoms with Crippen LogP contribution in [0.5, 0.6) is 11.5 Å². The van der Waals surface area contributed by atoms with Crippen LogP contribution in [0.4, 0.5) is 10.1 Å². The number of amides is 1. The van der Waals surface area contributed by atoms with E-state index in [0.29, 0.717) is 23.3 Å². The molecule has 2 rings (SSSR count). The van der Waals surface area contributed by atoms with E-state index >= 15 is 0 Å². The number of methoxy groups -OCH3 is 2. The summed E-state index contributed by atoms with van der Waals surface area (Å²) in [7, 11) is 2.83. The van der Waals surface area contributed by atoms with Crippen LogP contribution in [0.3, 0.4) is 0 Å². The standard InChI is InChI=1S/C19H22FNO7/c1-10(5-7-14(23)24)4-6-11-16(21-13(22)8-20)15-12(9-28-19(15)25)18(27-3)17(11)26-2/h4H,5-9H2,1-3H3,(H,21,22)(H,23,24)/b10-4+. The molecule has 1 amide bonds. The molecule has 1 aliphatic heterocycles. The Morgan fingerprint density at radius 1 is 1.25 bits per heavy atom. The number of anilines is 1. The number of cyclic esters (lactones) is 1. The molecule has 2 N–H and O–H groups in total. The SMILES string of the molecule is COc1c(C/C=C(\C)CCC(=O)O)c(NC(=O)CF)c2c(c1OC)COC2=O. The summed E-state index contributed by atoms with van der Waals surface area (Å²) < 4.78 is 28.7. The number of rotatable bonds is 9. The Kier molecular flexibility index (Phi) is 6.97. The molecular weight excluding hydrogens is 373 g/mol. The molecule has 0 aliphatic carbocycles. The Morgan fingerprint density at radius 2 is 1.93 bits per heavy atom.